The standard InChI is InChI=1S/C19H25N3O2/c1-14(23)16-4-3-5-17(10-16)19-20-11-18(12-21-19)24-13-15-6-8-22(2)9-7-15/h3-5,10-12,14-15,23H,6-9,13H2,1-2H3/i1D3,14D. The third kappa shape index (κ3) is 4.30. The summed E-state index contributed by atoms with van der Waals surface area (Å²) in [5, 5.41) is 10.1. The number of likely N-dealkylation sites (tertiary alicyclic amines) is 1. The van der Waals surface area contributed by atoms with Gasteiger partial charge in [0.25, 0.3) is 0 Å². The molecule has 1 aliphatic rings. The summed E-state index contributed by atoms with van der Waals surface area (Å²) in [6.07, 6.45) is 2.70. The van der Waals surface area contributed by atoms with E-state index in [1.165, 1.54) is 12.1 Å². The fourth-order valence-electron chi connectivity index (χ4n) is 2.79. The van der Waals surface area contributed by atoms with Crippen LogP contribution in [0.5, 0.6) is 5.75 Å². The van der Waals surface area contributed by atoms with E-state index in [1.54, 1.807) is 24.5 Å². The van der Waals surface area contributed by atoms with Gasteiger partial charge in [0.1, 0.15) is 0 Å². The van der Waals surface area contributed by atoms with Crippen LogP contribution in [-0.2, 0) is 0 Å². The van der Waals surface area contributed by atoms with E-state index in [-0.39, 0.29) is 5.56 Å². The molecule has 24 heavy (non-hydrogen) atoms. The Kier molecular flexibility index (Phi) is 3.99. The van der Waals surface area contributed by atoms with E-state index in [4.69, 9.17) is 10.2 Å². The minimum absolute atomic E-state index is 0.0313. The molecule has 1 aromatic carbocycles. The Morgan fingerprint density at radius 1 is 1.38 bits per heavy atom. The fraction of sp³-hybridized carbons (Fsp3) is 0.474. The van der Waals surface area contributed by atoms with Gasteiger partial charge in [-0.1, -0.05) is 18.2 Å². The van der Waals surface area contributed by atoms with Gasteiger partial charge in [-0.15, -0.1) is 0 Å². The van der Waals surface area contributed by atoms with Gasteiger partial charge in [-0.05, 0) is 57.4 Å². The van der Waals surface area contributed by atoms with Crippen molar-refractivity contribution in [3.8, 4) is 17.1 Å². The van der Waals surface area contributed by atoms with Crippen molar-refractivity contribution in [3.63, 3.8) is 0 Å². The van der Waals surface area contributed by atoms with Gasteiger partial charge in [-0.2, -0.15) is 0 Å². The van der Waals surface area contributed by atoms with E-state index >= 15 is 0 Å². The molecule has 1 aromatic heterocycles. The van der Waals surface area contributed by atoms with Crippen LogP contribution in [0.4, 0.5) is 0 Å². The molecular formula is C19H25N3O2. The van der Waals surface area contributed by atoms with Crippen molar-refractivity contribution in [3.05, 3.63) is 42.2 Å². The Morgan fingerprint density at radius 2 is 2.12 bits per heavy atom. The third-order valence-electron chi connectivity index (χ3n) is 4.35. The highest BCUT2D eigenvalue weighted by molar-refractivity contribution is 5.56. The summed E-state index contributed by atoms with van der Waals surface area (Å²) in [4.78, 5) is 10.9. The number of hydrogen-bond donors (Lipinski definition) is 1. The van der Waals surface area contributed by atoms with Crippen LogP contribution >= 0.6 is 0 Å². The first-order valence-electron chi connectivity index (χ1n) is 10.1. The number of ether oxygens (including phenoxy) is 1. The first-order valence-corrected chi connectivity index (χ1v) is 8.13. The smallest absolute Gasteiger partial charge is 0.159 e. The highest BCUT2D eigenvalue weighted by Crippen LogP contribution is 2.22. The Labute approximate surface area is 148 Å². The SMILES string of the molecule is [2H]C([2H])([2H])C([2H])(O)c1cccc(-c2ncc(OCC3CCN(C)CC3)cn2)c1. The maximum Gasteiger partial charge on any atom is 0.159 e. The molecule has 0 saturated carbocycles. The zero-order chi connectivity index (χ0) is 20.4. The molecule has 2 heterocycles. The monoisotopic (exact) mass is 331 g/mol. The summed E-state index contributed by atoms with van der Waals surface area (Å²) in [6, 6.07) is 6.10. The molecule has 2 aromatic rings. The van der Waals surface area contributed by atoms with Crippen molar-refractivity contribution in [1.29, 1.82) is 0 Å². The third-order valence-corrected chi connectivity index (χ3v) is 4.35. The maximum absolute atomic E-state index is 10.1. The van der Waals surface area contributed by atoms with Crippen molar-refractivity contribution in [2.75, 3.05) is 26.7 Å². The lowest BCUT2D eigenvalue weighted by molar-refractivity contribution is 0.159. The molecule has 0 radical (unpaired) electrons. The van der Waals surface area contributed by atoms with Gasteiger partial charge in [0.05, 0.1) is 26.5 Å². The van der Waals surface area contributed by atoms with Crippen LogP contribution in [0, 0.1) is 5.92 Å². The molecule has 1 N–H and O–H groups in total. The average molecular weight is 331 g/mol. The largest absolute Gasteiger partial charge is 0.490 e. The minimum Gasteiger partial charge on any atom is -0.490 e. The first kappa shape index (κ1) is 12.4. The van der Waals surface area contributed by atoms with Gasteiger partial charge in [-0.3, -0.25) is 0 Å². The summed E-state index contributed by atoms with van der Waals surface area (Å²) in [5.41, 5.74) is 0.491. The zero-order valence-electron chi connectivity index (χ0n) is 17.8. The van der Waals surface area contributed by atoms with Crippen LogP contribution in [-0.4, -0.2) is 46.7 Å². The number of hydrogen-bond acceptors (Lipinski definition) is 5. The van der Waals surface area contributed by atoms with Crippen LogP contribution in [0.1, 0.15) is 36.8 Å². The predicted octanol–water partition coefficient (Wildman–Crippen LogP) is 2.92. The Balaban J connectivity index is 1.67. The number of benzene rings is 1. The normalized spacial score (nSPS) is 21.9. The number of rotatable bonds is 5. The van der Waals surface area contributed by atoms with Crippen molar-refractivity contribution in [1.82, 2.24) is 14.9 Å². The molecule has 128 valence electrons. The Hall–Kier alpha value is -1.98. The highest BCUT2D eigenvalue weighted by Gasteiger charge is 2.17. The van der Waals surface area contributed by atoms with Crippen molar-refractivity contribution in [2.45, 2.75) is 25.8 Å². The molecule has 5 nitrogen and oxygen atoms in total. The Bertz CT molecular complexity index is 789. The molecule has 0 bridgehead atoms. The summed E-state index contributed by atoms with van der Waals surface area (Å²) in [6.45, 7) is -0.0641. The number of aliphatic hydroxyl groups is 1. The van der Waals surface area contributed by atoms with E-state index < -0.39 is 12.9 Å². The molecule has 1 fully saturated rings. The second-order valence-corrected chi connectivity index (χ2v) is 6.23. The van der Waals surface area contributed by atoms with Gasteiger partial charge in [0, 0.05) is 9.68 Å². The molecule has 1 saturated heterocycles. The van der Waals surface area contributed by atoms with E-state index in [0.29, 0.717) is 29.7 Å². The molecule has 1 unspecified atom stereocenters. The quantitative estimate of drug-likeness (QED) is 0.913. The molecule has 3 rings (SSSR count). The first-order chi connectivity index (χ1) is 13.2. The Morgan fingerprint density at radius 3 is 2.83 bits per heavy atom. The molecule has 0 amide bonds. The van der Waals surface area contributed by atoms with Gasteiger partial charge in [-0.25, -0.2) is 9.97 Å². The van der Waals surface area contributed by atoms with Crippen LogP contribution in [0.3, 0.4) is 0 Å². The summed E-state index contributed by atoms with van der Waals surface area (Å²) in [5.74, 6) is 1.48. The second-order valence-electron chi connectivity index (χ2n) is 6.23. The molecule has 1 atom stereocenters. The zero-order valence-corrected chi connectivity index (χ0v) is 13.8. The highest BCUT2D eigenvalue weighted by atomic mass is 16.5. The predicted molar refractivity (Wildman–Crippen MR) is 93.8 cm³/mol. The van der Waals surface area contributed by atoms with Gasteiger partial charge < -0.3 is 14.7 Å². The number of piperidine rings is 1. The second kappa shape index (κ2) is 7.73. The average Bonchev–Trinajstić information content (AvgIpc) is 2.67. The van der Waals surface area contributed by atoms with Crippen LogP contribution in [0.25, 0.3) is 11.4 Å². The van der Waals surface area contributed by atoms with Gasteiger partial charge in [0.15, 0.2) is 11.6 Å². The van der Waals surface area contributed by atoms with Crippen molar-refractivity contribution >= 4 is 0 Å². The van der Waals surface area contributed by atoms with Crippen molar-refractivity contribution in [2.24, 2.45) is 5.92 Å². The van der Waals surface area contributed by atoms with E-state index in [2.05, 4.69) is 21.9 Å². The summed E-state index contributed by atoms with van der Waals surface area (Å²) in [7, 11) is 2.12. The number of nitrogens with zero attached hydrogens (tertiary/aromatic N) is 3. The van der Waals surface area contributed by atoms with E-state index in [0.717, 1.165) is 25.9 Å². The molecule has 1 aliphatic heterocycles. The summed E-state index contributed by atoms with van der Waals surface area (Å²) < 4.78 is 35.7. The minimum atomic E-state index is -2.86. The van der Waals surface area contributed by atoms with Crippen LogP contribution < -0.4 is 4.74 Å². The maximum atomic E-state index is 10.1. The van der Waals surface area contributed by atoms with E-state index in [9.17, 15) is 5.11 Å². The summed E-state index contributed by atoms with van der Waals surface area (Å²) >= 11 is 0. The lowest BCUT2D eigenvalue weighted by Crippen LogP contribution is -2.32. The molecular weight excluding hydrogens is 302 g/mol. The van der Waals surface area contributed by atoms with Crippen LogP contribution in [0.2, 0.25) is 0 Å². The number of aromatic nitrogens is 2. The molecule has 0 aliphatic carbocycles. The topological polar surface area (TPSA) is 58.5 Å². The lowest BCUT2D eigenvalue weighted by Gasteiger charge is -2.28. The van der Waals surface area contributed by atoms with Gasteiger partial charge in [0.2, 0.25) is 0 Å². The molecule has 5 heteroatoms. The molecule has 0 spiro atoms. The van der Waals surface area contributed by atoms with E-state index in [1.807, 2.05) is 0 Å². The fourth-order valence-corrected chi connectivity index (χ4v) is 2.79. The lowest BCUT2D eigenvalue weighted by atomic mass is 9.98. The van der Waals surface area contributed by atoms with Crippen molar-refractivity contribution < 1.29 is 15.3 Å². The van der Waals surface area contributed by atoms with Crippen LogP contribution in [0.15, 0.2) is 36.7 Å². The van der Waals surface area contributed by atoms with Gasteiger partial charge >= 0.3 is 0 Å².